The molecule has 0 atom stereocenters. The number of carbonyl (C=O) groups excluding carboxylic acids is 1. The predicted molar refractivity (Wildman–Crippen MR) is 48.2 cm³/mol. The van der Waals surface area contributed by atoms with E-state index in [1.54, 1.807) is 0 Å². The number of hydrogen-bond donors (Lipinski definition) is 1. The van der Waals surface area contributed by atoms with Crippen LogP contribution in [0.15, 0.2) is 0 Å². The molecule has 2 aliphatic rings. The number of ether oxygens (including phenoxy) is 1. The van der Waals surface area contributed by atoms with Gasteiger partial charge in [0.15, 0.2) is 5.72 Å². The number of nitrogens with one attached hydrogen (secondary N) is 1. The highest BCUT2D eigenvalue weighted by Crippen LogP contribution is 2.32. The van der Waals surface area contributed by atoms with Gasteiger partial charge in [-0.1, -0.05) is 6.92 Å². The number of likely N-dealkylation sites (N-methyl/N-ethyl adjacent to an activating group) is 1. The van der Waals surface area contributed by atoms with Crippen molar-refractivity contribution in [3.05, 3.63) is 0 Å². The summed E-state index contributed by atoms with van der Waals surface area (Å²) in [6.45, 7) is 5.33. The Morgan fingerprint density at radius 3 is 2.85 bits per heavy atom. The highest BCUT2D eigenvalue weighted by Gasteiger charge is 2.46. The molecule has 2 saturated heterocycles. The predicted octanol–water partition coefficient (Wildman–Crippen LogP) is -0.0552. The molecule has 0 radical (unpaired) electrons. The van der Waals surface area contributed by atoms with E-state index in [-0.39, 0.29) is 11.7 Å². The second kappa shape index (κ2) is 3.27. The lowest BCUT2D eigenvalue weighted by Crippen LogP contribution is -2.51. The number of esters is 1. The standard InChI is InChI=1S/C9H16N2O2/c1-2-11-7-8(12)13-9(11)3-5-10-6-4-9/h10H,2-7H2,1H3. The maximum absolute atomic E-state index is 11.2. The van der Waals surface area contributed by atoms with Crippen LogP contribution in [0.4, 0.5) is 0 Å². The van der Waals surface area contributed by atoms with Crippen molar-refractivity contribution in [2.75, 3.05) is 26.2 Å². The lowest BCUT2D eigenvalue weighted by Gasteiger charge is -2.38. The Labute approximate surface area is 78.2 Å². The Hall–Kier alpha value is -0.610. The van der Waals surface area contributed by atoms with Gasteiger partial charge in [-0.2, -0.15) is 0 Å². The summed E-state index contributed by atoms with van der Waals surface area (Å²) in [7, 11) is 0. The fourth-order valence-corrected chi connectivity index (χ4v) is 2.24. The lowest BCUT2D eigenvalue weighted by atomic mass is 10.0. The van der Waals surface area contributed by atoms with Gasteiger partial charge in [-0.15, -0.1) is 0 Å². The first-order chi connectivity index (χ1) is 6.27. The summed E-state index contributed by atoms with van der Waals surface area (Å²) in [5, 5.41) is 3.28. The molecule has 0 unspecified atom stereocenters. The summed E-state index contributed by atoms with van der Waals surface area (Å²) in [4.78, 5) is 13.4. The molecule has 0 aromatic rings. The Kier molecular flexibility index (Phi) is 2.26. The highest BCUT2D eigenvalue weighted by molar-refractivity contribution is 5.74. The van der Waals surface area contributed by atoms with Crippen molar-refractivity contribution < 1.29 is 9.53 Å². The summed E-state index contributed by atoms with van der Waals surface area (Å²) >= 11 is 0. The van der Waals surface area contributed by atoms with Crippen molar-refractivity contribution in [1.82, 2.24) is 10.2 Å². The first-order valence-electron chi connectivity index (χ1n) is 4.94. The summed E-state index contributed by atoms with van der Waals surface area (Å²) in [5.74, 6) is -0.0660. The van der Waals surface area contributed by atoms with Crippen molar-refractivity contribution >= 4 is 5.97 Å². The second-order valence-corrected chi connectivity index (χ2v) is 3.68. The van der Waals surface area contributed by atoms with Crippen LogP contribution < -0.4 is 5.32 Å². The molecular formula is C9H16N2O2. The summed E-state index contributed by atoms with van der Waals surface area (Å²) < 4.78 is 5.44. The van der Waals surface area contributed by atoms with Gasteiger partial charge in [-0.05, 0) is 6.54 Å². The lowest BCUT2D eigenvalue weighted by molar-refractivity contribution is -0.157. The normalized spacial score (nSPS) is 27.9. The van der Waals surface area contributed by atoms with Crippen molar-refractivity contribution in [3.63, 3.8) is 0 Å². The van der Waals surface area contributed by atoms with E-state index >= 15 is 0 Å². The van der Waals surface area contributed by atoms with Gasteiger partial charge in [0, 0.05) is 25.9 Å². The molecule has 2 rings (SSSR count). The van der Waals surface area contributed by atoms with E-state index in [9.17, 15) is 4.79 Å². The monoisotopic (exact) mass is 184 g/mol. The maximum Gasteiger partial charge on any atom is 0.322 e. The summed E-state index contributed by atoms with van der Waals surface area (Å²) in [5.41, 5.74) is -0.267. The molecule has 0 aliphatic carbocycles. The van der Waals surface area contributed by atoms with E-state index < -0.39 is 0 Å². The van der Waals surface area contributed by atoms with Gasteiger partial charge in [0.1, 0.15) is 6.54 Å². The second-order valence-electron chi connectivity index (χ2n) is 3.68. The number of carbonyl (C=O) groups is 1. The summed E-state index contributed by atoms with van der Waals surface area (Å²) in [6.07, 6.45) is 1.85. The van der Waals surface area contributed by atoms with Crippen LogP contribution in [0.2, 0.25) is 0 Å². The number of rotatable bonds is 1. The van der Waals surface area contributed by atoms with Crippen LogP contribution in [-0.4, -0.2) is 42.8 Å². The van der Waals surface area contributed by atoms with Gasteiger partial charge in [0.25, 0.3) is 0 Å². The minimum Gasteiger partial charge on any atom is -0.443 e. The van der Waals surface area contributed by atoms with Crippen molar-refractivity contribution in [2.45, 2.75) is 25.5 Å². The molecule has 2 aliphatic heterocycles. The third-order valence-corrected chi connectivity index (χ3v) is 2.97. The molecule has 13 heavy (non-hydrogen) atoms. The molecule has 0 aromatic carbocycles. The zero-order valence-corrected chi connectivity index (χ0v) is 8.01. The van der Waals surface area contributed by atoms with Gasteiger partial charge in [-0.3, -0.25) is 9.69 Å². The van der Waals surface area contributed by atoms with Gasteiger partial charge < -0.3 is 10.1 Å². The third-order valence-electron chi connectivity index (χ3n) is 2.97. The zero-order valence-electron chi connectivity index (χ0n) is 8.01. The quantitative estimate of drug-likeness (QED) is 0.580. The van der Waals surface area contributed by atoms with E-state index in [0.29, 0.717) is 6.54 Å². The minimum absolute atomic E-state index is 0.0660. The first-order valence-corrected chi connectivity index (χ1v) is 4.94. The molecule has 2 heterocycles. The van der Waals surface area contributed by atoms with E-state index in [0.717, 1.165) is 32.5 Å². The van der Waals surface area contributed by atoms with E-state index in [4.69, 9.17) is 4.74 Å². The Bertz CT molecular complexity index is 212. The van der Waals surface area contributed by atoms with Gasteiger partial charge >= 0.3 is 5.97 Å². The molecule has 4 heteroatoms. The molecule has 4 nitrogen and oxygen atoms in total. The fraction of sp³-hybridized carbons (Fsp3) is 0.889. The van der Waals surface area contributed by atoms with Crippen molar-refractivity contribution in [3.8, 4) is 0 Å². The van der Waals surface area contributed by atoms with Gasteiger partial charge in [0.05, 0.1) is 0 Å². The van der Waals surface area contributed by atoms with Crippen LogP contribution in [0.1, 0.15) is 19.8 Å². The smallest absolute Gasteiger partial charge is 0.322 e. The number of piperidine rings is 1. The van der Waals surface area contributed by atoms with E-state index in [1.165, 1.54) is 0 Å². The molecule has 74 valence electrons. The van der Waals surface area contributed by atoms with Crippen molar-refractivity contribution in [1.29, 1.82) is 0 Å². The Balaban J connectivity index is 2.13. The molecule has 2 fully saturated rings. The van der Waals surface area contributed by atoms with Gasteiger partial charge in [0.2, 0.25) is 0 Å². The molecular weight excluding hydrogens is 168 g/mol. The van der Waals surface area contributed by atoms with Crippen LogP contribution in [0, 0.1) is 0 Å². The van der Waals surface area contributed by atoms with Crippen molar-refractivity contribution in [2.24, 2.45) is 0 Å². The van der Waals surface area contributed by atoms with E-state index in [1.807, 2.05) is 0 Å². The maximum atomic E-state index is 11.2. The highest BCUT2D eigenvalue weighted by atomic mass is 16.6. The summed E-state index contributed by atoms with van der Waals surface area (Å²) in [6, 6.07) is 0. The average molecular weight is 184 g/mol. The zero-order chi connectivity index (χ0) is 9.31. The third kappa shape index (κ3) is 1.44. The van der Waals surface area contributed by atoms with Crippen LogP contribution in [0.5, 0.6) is 0 Å². The van der Waals surface area contributed by atoms with Crippen LogP contribution in [0.3, 0.4) is 0 Å². The Morgan fingerprint density at radius 1 is 1.54 bits per heavy atom. The first kappa shape index (κ1) is 8.97. The van der Waals surface area contributed by atoms with Gasteiger partial charge in [-0.25, -0.2) is 0 Å². The van der Waals surface area contributed by atoms with Crippen LogP contribution >= 0.6 is 0 Å². The van der Waals surface area contributed by atoms with Crippen LogP contribution in [0.25, 0.3) is 0 Å². The van der Waals surface area contributed by atoms with Crippen LogP contribution in [-0.2, 0) is 9.53 Å². The molecule has 1 spiro atoms. The SMILES string of the molecule is CCN1CC(=O)OC12CCNCC2. The molecule has 0 saturated carbocycles. The number of nitrogens with zero attached hydrogens (tertiary/aromatic N) is 1. The fourth-order valence-electron chi connectivity index (χ4n) is 2.24. The topological polar surface area (TPSA) is 41.6 Å². The molecule has 0 aromatic heterocycles. The molecule has 0 amide bonds. The average Bonchev–Trinajstić information content (AvgIpc) is 2.43. The Morgan fingerprint density at radius 2 is 2.23 bits per heavy atom. The minimum atomic E-state index is -0.267. The largest absolute Gasteiger partial charge is 0.443 e. The van der Waals surface area contributed by atoms with E-state index in [2.05, 4.69) is 17.1 Å². The molecule has 0 bridgehead atoms. The molecule has 1 N–H and O–H groups in total. The number of hydrogen-bond acceptors (Lipinski definition) is 4.